The average Bonchev–Trinajstić information content (AvgIpc) is 2.74. The van der Waals surface area contributed by atoms with Gasteiger partial charge in [0, 0.05) is 17.8 Å². The molecule has 0 radical (unpaired) electrons. The molecule has 7 heteroatoms. The topological polar surface area (TPSA) is 93.5 Å². The summed E-state index contributed by atoms with van der Waals surface area (Å²) in [5, 5.41) is 17.0. The van der Waals surface area contributed by atoms with E-state index in [1.165, 1.54) is 6.07 Å². The Bertz CT molecular complexity index is 596. The number of nitro benzene ring substituents is 1. The molecule has 0 bridgehead atoms. The van der Waals surface area contributed by atoms with Gasteiger partial charge in [-0.3, -0.25) is 14.9 Å². The van der Waals surface area contributed by atoms with E-state index < -0.39 is 4.92 Å². The van der Waals surface area contributed by atoms with Crippen LogP contribution in [0.1, 0.15) is 18.4 Å². The van der Waals surface area contributed by atoms with Crippen molar-refractivity contribution in [3.05, 3.63) is 27.8 Å². The van der Waals surface area contributed by atoms with E-state index in [0.29, 0.717) is 17.2 Å². The number of hydrogen-bond donors (Lipinski definition) is 2. The van der Waals surface area contributed by atoms with E-state index in [-0.39, 0.29) is 29.9 Å². The normalized spacial score (nSPS) is 23.2. The van der Waals surface area contributed by atoms with Gasteiger partial charge in [-0.15, -0.1) is 0 Å². The number of amides is 1. The summed E-state index contributed by atoms with van der Waals surface area (Å²) in [6.45, 7) is 0.933. The van der Waals surface area contributed by atoms with E-state index in [9.17, 15) is 14.9 Å². The van der Waals surface area contributed by atoms with Gasteiger partial charge in [0.2, 0.25) is 5.91 Å². The van der Waals surface area contributed by atoms with Crippen molar-refractivity contribution in [2.45, 2.75) is 25.4 Å². The molecule has 1 heterocycles. The summed E-state index contributed by atoms with van der Waals surface area (Å²) in [5.74, 6) is 0.663. The Morgan fingerprint density at radius 1 is 1.48 bits per heavy atom. The summed E-state index contributed by atoms with van der Waals surface area (Å²) in [5.41, 5.74) is 1.20. The predicted molar refractivity (Wildman–Crippen MR) is 76.5 cm³/mol. The molecule has 1 fully saturated rings. The smallest absolute Gasteiger partial charge is 0.311 e. The maximum absolute atomic E-state index is 11.4. The number of ether oxygens (including phenoxy) is 1. The van der Waals surface area contributed by atoms with Gasteiger partial charge in [-0.25, -0.2) is 0 Å². The van der Waals surface area contributed by atoms with Crippen LogP contribution in [0.25, 0.3) is 0 Å². The first-order valence-corrected chi connectivity index (χ1v) is 6.99. The Labute approximate surface area is 121 Å². The quantitative estimate of drug-likeness (QED) is 0.633. The number of anilines is 1. The molecule has 0 spiro atoms. The van der Waals surface area contributed by atoms with Crippen LogP contribution in [0.4, 0.5) is 11.4 Å². The van der Waals surface area contributed by atoms with Crippen LogP contribution in [-0.2, 0) is 11.2 Å². The van der Waals surface area contributed by atoms with Crippen molar-refractivity contribution in [1.82, 2.24) is 5.32 Å². The van der Waals surface area contributed by atoms with Crippen molar-refractivity contribution >= 4 is 17.3 Å². The minimum atomic E-state index is -0.456. The largest absolute Gasteiger partial charge is 0.483 e. The van der Waals surface area contributed by atoms with E-state index in [4.69, 9.17) is 4.74 Å². The fourth-order valence-electron chi connectivity index (χ4n) is 2.88. The van der Waals surface area contributed by atoms with E-state index in [2.05, 4.69) is 10.6 Å². The fourth-order valence-corrected chi connectivity index (χ4v) is 2.88. The van der Waals surface area contributed by atoms with Crippen molar-refractivity contribution in [2.24, 2.45) is 5.92 Å². The second-order valence-electron chi connectivity index (χ2n) is 5.59. The van der Waals surface area contributed by atoms with Crippen LogP contribution >= 0.6 is 0 Å². The van der Waals surface area contributed by atoms with Gasteiger partial charge in [0.05, 0.1) is 17.4 Å². The van der Waals surface area contributed by atoms with Crippen LogP contribution in [0.3, 0.4) is 0 Å². The first kappa shape index (κ1) is 13.8. The zero-order valence-electron chi connectivity index (χ0n) is 11.7. The number of nitro groups is 1. The van der Waals surface area contributed by atoms with Crippen LogP contribution in [0, 0.1) is 16.0 Å². The van der Waals surface area contributed by atoms with Crippen molar-refractivity contribution in [2.75, 3.05) is 18.9 Å². The lowest BCUT2D eigenvalue weighted by atomic mass is 9.82. The van der Waals surface area contributed by atoms with Gasteiger partial charge >= 0.3 is 5.69 Å². The number of benzene rings is 1. The molecule has 2 aliphatic rings. The van der Waals surface area contributed by atoms with E-state index in [1.54, 1.807) is 6.07 Å². The highest BCUT2D eigenvalue weighted by Crippen LogP contribution is 2.39. The molecule has 1 aliphatic carbocycles. The maximum Gasteiger partial charge on any atom is 0.311 e. The molecule has 2 N–H and O–H groups in total. The standard InChI is InChI=1S/C14H17N3O4/c1-15-7-8-2-10(3-8)21-13-6-11-9(5-14(18)16-11)4-12(13)17(19)20/h4,6,8,10,15H,2-3,5,7H2,1H3,(H,16,18). The highest BCUT2D eigenvalue weighted by molar-refractivity contribution is 5.99. The molecule has 1 amide bonds. The SMILES string of the molecule is CNCC1CC(Oc2cc3c(cc2[N+](=O)[O-])CC(=O)N3)C1. The van der Waals surface area contributed by atoms with Gasteiger partial charge in [0.25, 0.3) is 0 Å². The molecule has 1 aromatic rings. The Balaban J connectivity index is 1.77. The Morgan fingerprint density at radius 3 is 2.90 bits per heavy atom. The van der Waals surface area contributed by atoms with Crippen molar-refractivity contribution in [3.63, 3.8) is 0 Å². The number of carbonyl (C=O) groups is 1. The highest BCUT2D eigenvalue weighted by atomic mass is 16.6. The summed E-state index contributed by atoms with van der Waals surface area (Å²) in [4.78, 5) is 22.1. The molecular weight excluding hydrogens is 274 g/mol. The van der Waals surface area contributed by atoms with Gasteiger partial charge in [-0.2, -0.15) is 0 Å². The average molecular weight is 291 g/mol. The monoisotopic (exact) mass is 291 g/mol. The third-order valence-corrected chi connectivity index (χ3v) is 3.99. The molecule has 112 valence electrons. The van der Waals surface area contributed by atoms with Crippen LogP contribution in [-0.4, -0.2) is 30.5 Å². The summed E-state index contributed by atoms with van der Waals surface area (Å²) >= 11 is 0. The van der Waals surface area contributed by atoms with Gasteiger partial charge in [-0.05, 0) is 37.9 Å². The molecule has 1 saturated carbocycles. The second kappa shape index (κ2) is 5.33. The first-order chi connectivity index (χ1) is 10.1. The molecule has 3 rings (SSSR count). The molecule has 21 heavy (non-hydrogen) atoms. The zero-order chi connectivity index (χ0) is 15.0. The number of nitrogens with zero attached hydrogens (tertiary/aromatic N) is 1. The molecule has 1 aliphatic heterocycles. The van der Waals surface area contributed by atoms with Gasteiger partial charge in [0.1, 0.15) is 0 Å². The Kier molecular flexibility index (Phi) is 3.50. The molecule has 0 atom stereocenters. The minimum absolute atomic E-state index is 0.0113. The summed E-state index contributed by atoms with van der Waals surface area (Å²) in [6, 6.07) is 3.01. The second-order valence-corrected chi connectivity index (χ2v) is 5.59. The lowest BCUT2D eigenvalue weighted by Gasteiger charge is -2.35. The van der Waals surface area contributed by atoms with Gasteiger partial charge < -0.3 is 15.4 Å². The van der Waals surface area contributed by atoms with Crippen LogP contribution in [0.15, 0.2) is 12.1 Å². The number of carbonyl (C=O) groups excluding carboxylic acids is 1. The molecule has 7 nitrogen and oxygen atoms in total. The van der Waals surface area contributed by atoms with E-state index in [0.717, 1.165) is 19.4 Å². The minimum Gasteiger partial charge on any atom is -0.483 e. The van der Waals surface area contributed by atoms with Crippen molar-refractivity contribution in [1.29, 1.82) is 0 Å². The third-order valence-electron chi connectivity index (χ3n) is 3.99. The fraction of sp³-hybridized carbons (Fsp3) is 0.500. The third kappa shape index (κ3) is 2.69. The first-order valence-electron chi connectivity index (χ1n) is 6.99. The van der Waals surface area contributed by atoms with E-state index in [1.807, 2.05) is 7.05 Å². The number of hydrogen-bond acceptors (Lipinski definition) is 5. The van der Waals surface area contributed by atoms with Gasteiger partial charge in [0.15, 0.2) is 5.75 Å². The lowest BCUT2D eigenvalue weighted by molar-refractivity contribution is -0.386. The number of rotatable bonds is 5. The molecular formula is C14H17N3O4. The summed E-state index contributed by atoms with van der Waals surface area (Å²) in [6.07, 6.45) is 1.98. The van der Waals surface area contributed by atoms with Crippen LogP contribution in [0.2, 0.25) is 0 Å². The van der Waals surface area contributed by atoms with Gasteiger partial charge in [-0.1, -0.05) is 0 Å². The predicted octanol–water partition coefficient (Wildman–Crippen LogP) is 1.47. The highest BCUT2D eigenvalue weighted by Gasteiger charge is 2.33. The number of nitrogens with one attached hydrogen (secondary N) is 2. The van der Waals surface area contributed by atoms with E-state index >= 15 is 0 Å². The summed E-state index contributed by atoms with van der Waals surface area (Å²) in [7, 11) is 1.90. The molecule has 0 aromatic heterocycles. The zero-order valence-corrected chi connectivity index (χ0v) is 11.7. The van der Waals surface area contributed by atoms with Crippen LogP contribution in [0.5, 0.6) is 5.75 Å². The Morgan fingerprint density at radius 2 is 2.24 bits per heavy atom. The van der Waals surface area contributed by atoms with Crippen LogP contribution < -0.4 is 15.4 Å². The number of fused-ring (bicyclic) bond motifs is 1. The Hall–Kier alpha value is -2.15. The molecule has 0 saturated heterocycles. The van der Waals surface area contributed by atoms with Crippen molar-refractivity contribution in [3.8, 4) is 5.75 Å². The summed E-state index contributed by atoms with van der Waals surface area (Å²) < 4.78 is 5.76. The lowest BCUT2D eigenvalue weighted by Crippen LogP contribution is -2.38. The maximum atomic E-state index is 11.4. The molecule has 0 unspecified atom stereocenters. The molecule has 1 aromatic carbocycles. The van der Waals surface area contributed by atoms with Crippen molar-refractivity contribution < 1.29 is 14.5 Å².